The molecule has 3 unspecified atom stereocenters. The molecule has 3 atom stereocenters. The molecule has 3 N–H and O–H groups in total. The molecule has 5 aliphatic heterocycles. The van der Waals surface area contributed by atoms with E-state index >= 15 is 0 Å². The van der Waals surface area contributed by atoms with Gasteiger partial charge in [0.2, 0.25) is 0 Å². The molecule has 0 radical (unpaired) electrons. The third-order valence-corrected chi connectivity index (χ3v) is 9.40. The Morgan fingerprint density at radius 3 is 2.49 bits per heavy atom. The van der Waals surface area contributed by atoms with Gasteiger partial charge in [0, 0.05) is 51.9 Å². The average Bonchev–Trinajstić information content (AvgIpc) is 3.76. The van der Waals surface area contributed by atoms with Gasteiger partial charge in [-0.3, -0.25) is 14.4 Å². The number of ketones is 1. The zero-order chi connectivity index (χ0) is 32.3. The molecule has 0 aromatic rings. The maximum atomic E-state index is 14.0. The summed E-state index contributed by atoms with van der Waals surface area (Å²) in [5.74, 6) is -3.83. The van der Waals surface area contributed by atoms with Gasteiger partial charge in [-0.05, 0) is 61.6 Å². The Balaban J connectivity index is 1.69. The maximum absolute atomic E-state index is 14.0. The van der Waals surface area contributed by atoms with Crippen molar-refractivity contribution in [2.75, 3.05) is 7.11 Å². The first-order valence-corrected chi connectivity index (χ1v) is 14.9. The van der Waals surface area contributed by atoms with Gasteiger partial charge in [-0.15, -0.1) is 0 Å². The molecule has 0 amide bonds. The summed E-state index contributed by atoms with van der Waals surface area (Å²) in [6.07, 6.45) is 9.09. The topological polar surface area (TPSA) is 150 Å². The number of aliphatic hydroxyl groups excluding tert-OH is 1. The summed E-state index contributed by atoms with van der Waals surface area (Å²) >= 11 is 0. The number of hydrogen-bond acceptors (Lipinski definition) is 9. The number of aliphatic hydroxyl groups is 1. The molecule has 1 aliphatic carbocycles. The van der Waals surface area contributed by atoms with E-state index in [4.69, 9.17) is 19.7 Å². The molecule has 45 heavy (non-hydrogen) atoms. The van der Waals surface area contributed by atoms with E-state index in [2.05, 4.69) is 11.9 Å². The van der Waals surface area contributed by atoms with Crippen LogP contribution in [0.25, 0.3) is 0 Å². The molecule has 1 saturated carbocycles. The van der Waals surface area contributed by atoms with Crippen molar-refractivity contribution in [1.29, 1.82) is 0 Å². The van der Waals surface area contributed by atoms with Crippen LogP contribution in [0.2, 0.25) is 0 Å². The van der Waals surface area contributed by atoms with E-state index in [1.807, 2.05) is 32.9 Å². The third kappa shape index (κ3) is 4.54. The van der Waals surface area contributed by atoms with Crippen LogP contribution in [-0.2, 0) is 19.1 Å². The van der Waals surface area contributed by atoms with Crippen molar-refractivity contribution < 1.29 is 29.3 Å². The Hall–Kier alpha value is -5.12. The molecule has 0 aromatic carbocycles. The summed E-state index contributed by atoms with van der Waals surface area (Å²) in [5.41, 5.74) is 9.16. The van der Waals surface area contributed by atoms with Gasteiger partial charge in [0.15, 0.2) is 5.78 Å². The fourth-order valence-electron chi connectivity index (χ4n) is 6.99. The highest BCUT2D eigenvalue weighted by atomic mass is 16.5. The van der Waals surface area contributed by atoms with Gasteiger partial charge in [0.25, 0.3) is 0 Å². The van der Waals surface area contributed by atoms with Gasteiger partial charge < -0.3 is 20.3 Å². The van der Waals surface area contributed by atoms with Crippen LogP contribution in [0.4, 0.5) is 0 Å². The molecule has 6 aliphatic rings. The number of rotatable bonds is 6. The Morgan fingerprint density at radius 1 is 1.09 bits per heavy atom. The minimum atomic E-state index is -1.24. The third-order valence-electron chi connectivity index (χ3n) is 9.40. The average molecular weight is 607 g/mol. The molecular weight excluding hydrogens is 572 g/mol. The fourth-order valence-corrected chi connectivity index (χ4v) is 6.99. The predicted octanol–water partition coefficient (Wildman–Crippen LogP) is 5.29. The molecule has 6 rings (SSSR count). The van der Waals surface area contributed by atoms with Crippen LogP contribution in [-0.4, -0.2) is 52.2 Å². The zero-order valence-electron chi connectivity index (χ0n) is 25.8. The zero-order valence-corrected chi connectivity index (χ0v) is 25.8. The van der Waals surface area contributed by atoms with Gasteiger partial charge in [0.05, 0.1) is 47.6 Å². The van der Waals surface area contributed by atoms with E-state index in [0.29, 0.717) is 68.6 Å². The van der Waals surface area contributed by atoms with Crippen LogP contribution >= 0.6 is 0 Å². The lowest BCUT2D eigenvalue weighted by molar-refractivity contribution is -0.146. The second-order valence-electron chi connectivity index (χ2n) is 11.7. The van der Waals surface area contributed by atoms with Crippen molar-refractivity contribution in [2.24, 2.45) is 32.7 Å². The van der Waals surface area contributed by atoms with E-state index < -0.39 is 23.6 Å². The largest absolute Gasteiger partial charge is 0.515 e. The van der Waals surface area contributed by atoms with Gasteiger partial charge in [-0.1, -0.05) is 26.5 Å². The molecule has 1 saturated heterocycles. The van der Waals surface area contributed by atoms with Crippen LogP contribution in [0, 0.1) is 17.8 Å². The highest BCUT2D eigenvalue weighted by Gasteiger charge is 2.51. The molecule has 5 heterocycles. The molecular formula is C35H34N4O6. The number of fused-ring (bicyclic) bond motifs is 5. The van der Waals surface area contributed by atoms with Crippen LogP contribution in [0.1, 0.15) is 47.0 Å². The van der Waals surface area contributed by atoms with Crippen LogP contribution in [0.5, 0.6) is 0 Å². The van der Waals surface area contributed by atoms with Crippen LogP contribution in [0.15, 0.2) is 120 Å². The SMILES string of the molecule is C=CC1=C(C)C2=NC1=CC1=NC(=C(CC)/C1=C/O)C=C1N=C3C(=C1C)C(=O)C(C(=O)OC)C3=C1NC(=C2)C(C)C1CCC(=O)O. The minimum absolute atomic E-state index is 0.0981. The summed E-state index contributed by atoms with van der Waals surface area (Å²) in [6.45, 7) is 11.7. The molecule has 0 aromatic heterocycles. The summed E-state index contributed by atoms with van der Waals surface area (Å²) in [4.78, 5) is 53.6. The first-order valence-electron chi connectivity index (χ1n) is 14.9. The number of aliphatic imine (C=N–C) groups is 3. The van der Waals surface area contributed by atoms with Crippen molar-refractivity contribution in [1.82, 2.24) is 5.32 Å². The molecule has 8 bridgehead atoms. The highest BCUT2D eigenvalue weighted by molar-refractivity contribution is 6.42. The van der Waals surface area contributed by atoms with Crippen LogP contribution in [0.3, 0.4) is 0 Å². The Bertz CT molecular complexity index is 1870. The summed E-state index contributed by atoms with van der Waals surface area (Å²) < 4.78 is 5.11. The molecule has 10 heteroatoms. The van der Waals surface area contributed by atoms with Crippen molar-refractivity contribution >= 4 is 34.9 Å². The highest BCUT2D eigenvalue weighted by Crippen LogP contribution is 2.47. The van der Waals surface area contributed by atoms with Crippen molar-refractivity contribution in [3.63, 3.8) is 0 Å². The van der Waals surface area contributed by atoms with Crippen LogP contribution < -0.4 is 5.32 Å². The number of nitrogens with zero attached hydrogens (tertiary/aromatic N) is 3. The second-order valence-corrected chi connectivity index (χ2v) is 11.7. The van der Waals surface area contributed by atoms with E-state index in [0.717, 1.165) is 28.7 Å². The number of hydrogen-bond donors (Lipinski definition) is 3. The lowest BCUT2D eigenvalue weighted by Crippen LogP contribution is -2.26. The van der Waals surface area contributed by atoms with E-state index in [-0.39, 0.29) is 24.7 Å². The molecule has 0 spiro atoms. The normalized spacial score (nSPS) is 26.2. The van der Waals surface area contributed by atoms with E-state index in [9.17, 15) is 24.6 Å². The quantitative estimate of drug-likeness (QED) is 0.211. The Kier molecular flexibility index (Phi) is 7.39. The maximum Gasteiger partial charge on any atom is 0.321 e. The Morgan fingerprint density at radius 2 is 1.84 bits per heavy atom. The summed E-state index contributed by atoms with van der Waals surface area (Å²) in [5, 5.41) is 23.4. The Labute approximate surface area is 260 Å². The number of carbonyl (C=O) groups is 3. The number of aliphatic carboxylic acids is 1. The first-order chi connectivity index (χ1) is 21.5. The summed E-state index contributed by atoms with van der Waals surface area (Å²) in [6, 6.07) is 0. The number of nitrogens with one attached hydrogen (secondary N) is 1. The lowest BCUT2D eigenvalue weighted by atomic mass is 9.85. The molecule has 230 valence electrons. The predicted molar refractivity (Wildman–Crippen MR) is 170 cm³/mol. The number of Topliss-reactive ketones (excluding diaryl/α,β-unsaturated/α-hetero) is 1. The standard InChI is InChI=1S/C35H34N4O6/c1-7-18-15(3)22-11-23-16(4)20(9-10-28(41)42)32(38-23)30-31(35(44)45-6)34(43)29-17(5)24(39-33(29)30)12-26-19(8-2)21(14-40)27(37-26)13-25(18)36-22/h7,11-14,16,20,31,38,40H,1,8-10H2,2-6H3,(H,41,42)/b21-14-,23-11?,24-12?,25-13?,32-30?. The second kappa shape index (κ2) is 11.1. The fraction of sp³-hybridized carbons (Fsp3) is 0.314. The number of ether oxygens (including phenoxy) is 1. The van der Waals surface area contributed by atoms with Gasteiger partial charge in [-0.25, -0.2) is 15.0 Å². The van der Waals surface area contributed by atoms with E-state index in [1.165, 1.54) is 7.11 Å². The minimum Gasteiger partial charge on any atom is -0.515 e. The number of carboxylic acid groups (broad SMARTS) is 1. The monoisotopic (exact) mass is 606 g/mol. The van der Waals surface area contributed by atoms with Gasteiger partial charge in [-0.2, -0.15) is 0 Å². The number of methoxy groups -OCH3 is 1. The number of allylic oxidation sites excluding steroid dienone is 11. The molecule has 10 nitrogen and oxygen atoms in total. The first kappa shape index (κ1) is 29.9. The van der Waals surface area contributed by atoms with E-state index in [1.54, 1.807) is 19.1 Å². The van der Waals surface area contributed by atoms with Crippen molar-refractivity contribution in [2.45, 2.75) is 47.0 Å². The van der Waals surface area contributed by atoms with Crippen molar-refractivity contribution in [3.05, 3.63) is 105 Å². The van der Waals surface area contributed by atoms with Gasteiger partial charge >= 0.3 is 11.9 Å². The van der Waals surface area contributed by atoms with Gasteiger partial charge in [0.1, 0.15) is 5.92 Å². The number of esters is 1. The summed E-state index contributed by atoms with van der Waals surface area (Å²) in [7, 11) is 1.24. The smallest absolute Gasteiger partial charge is 0.321 e. The number of carboxylic acids is 1. The lowest BCUT2D eigenvalue weighted by Gasteiger charge is -2.18. The molecule has 2 fully saturated rings. The van der Waals surface area contributed by atoms with Crippen molar-refractivity contribution in [3.8, 4) is 0 Å². The number of carbonyl (C=O) groups excluding carboxylic acids is 2.